The Bertz CT molecular complexity index is 377. The highest BCUT2D eigenvalue weighted by molar-refractivity contribution is 7.09. The molecular formula is C14H22N2OS. The monoisotopic (exact) mass is 266 g/mol. The molecule has 0 saturated carbocycles. The van der Waals surface area contributed by atoms with Crippen LogP contribution in [0.2, 0.25) is 0 Å². The summed E-state index contributed by atoms with van der Waals surface area (Å²) >= 11 is 1.72. The molecule has 0 aromatic carbocycles. The van der Waals surface area contributed by atoms with Gasteiger partial charge in [-0.2, -0.15) is 0 Å². The molecule has 1 aliphatic rings. The molecule has 1 N–H and O–H groups in total. The largest absolute Gasteiger partial charge is 0.338 e. The van der Waals surface area contributed by atoms with E-state index in [1.54, 1.807) is 11.3 Å². The highest BCUT2D eigenvalue weighted by atomic mass is 32.1. The summed E-state index contributed by atoms with van der Waals surface area (Å²) in [6, 6.07) is 4.62. The maximum Gasteiger partial charge on any atom is 0.226 e. The van der Waals surface area contributed by atoms with E-state index in [1.165, 1.54) is 4.88 Å². The summed E-state index contributed by atoms with van der Waals surface area (Å²) in [4.78, 5) is 15.8. The molecule has 1 amide bonds. The molecule has 0 spiro atoms. The maximum absolute atomic E-state index is 12.5. The van der Waals surface area contributed by atoms with Crippen molar-refractivity contribution in [1.29, 1.82) is 0 Å². The van der Waals surface area contributed by atoms with Crippen LogP contribution in [0.15, 0.2) is 17.5 Å². The standard InChI is InChI=1S/C14H22N2OS/c1-3-16(10-13-5-4-8-18-13)14(17)12-6-7-15-11(2)9-12/h4-5,8,11-12,15H,3,6-7,9-10H2,1-2H3/t11-,12-/m0/s1. The zero-order valence-electron chi connectivity index (χ0n) is 11.2. The van der Waals surface area contributed by atoms with Gasteiger partial charge in [0.2, 0.25) is 5.91 Å². The zero-order valence-corrected chi connectivity index (χ0v) is 12.0. The molecule has 0 bridgehead atoms. The smallest absolute Gasteiger partial charge is 0.226 e. The number of rotatable bonds is 4. The van der Waals surface area contributed by atoms with E-state index < -0.39 is 0 Å². The first-order valence-electron chi connectivity index (χ1n) is 6.75. The average Bonchev–Trinajstić information content (AvgIpc) is 2.88. The minimum atomic E-state index is 0.209. The number of hydrogen-bond donors (Lipinski definition) is 1. The van der Waals surface area contributed by atoms with Gasteiger partial charge in [-0.3, -0.25) is 4.79 Å². The molecule has 2 heterocycles. The van der Waals surface area contributed by atoms with Crippen molar-refractivity contribution < 1.29 is 4.79 Å². The first kappa shape index (κ1) is 13.6. The number of carbonyl (C=O) groups is 1. The fraction of sp³-hybridized carbons (Fsp3) is 0.643. The van der Waals surface area contributed by atoms with E-state index in [-0.39, 0.29) is 5.92 Å². The molecule has 0 radical (unpaired) electrons. The van der Waals surface area contributed by atoms with Crippen molar-refractivity contribution in [1.82, 2.24) is 10.2 Å². The van der Waals surface area contributed by atoms with Crippen molar-refractivity contribution in [3.8, 4) is 0 Å². The van der Waals surface area contributed by atoms with Gasteiger partial charge < -0.3 is 10.2 Å². The van der Waals surface area contributed by atoms with Crippen molar-refractivity contribution >= 4 is 17.2 Å². The van der Waals surface area contributed by atoms with E-state index in [9.17, 15) is 4.79 Å². The van der Waals surface area contributed by atoms with Gasteiger partial charge in [-0.05, 0) is 44.7 Å². The van der Waals surface area contributed by atoms with Crippen molar-refractivity contribution in [3.63, 3.8) is 0 Å². The van der Waals surface area contributed by atoms with Crippen LogP contribution in [-0.2, 0) is 11.3 Å². The fourth-order valence-corrected chi connectivity index (χ4v) is 3.27. The Morgan fingerprint density at radius 2 is 2.44 bits per heavy atom. The molecule has 0 aliphatic carbocycles. The molecule has 1 fully saturated rings. The molecule has 1 aliphatic heterocycles. The second kappa shape index (κ2) is 6.34. The van der Waals surface area contributed by atoms with E-state index in [4.69, 9.17) is 0 Å². The lowest BCUT2D eigenvalue weighted by atomic mass is 9.92. The number of piperidine rings is 1. The lowest BCUT2D eigenvalue weighted by Crippen LogP contribution is -2.43. The summed E-state index contributed by atoms with van der Waals surface area (Å²) in [7, 11) is 0. The van der Waals surface area contributed by atoms with Crippen molar-refractivity contribution in [2.24, 2.45) is 5.92 Å². The molecule has 4 heteroatoms. The average molecular weight is 266 g/mol. The van der Waals surface area contributed by atoms with E-state index >= 15 is 0 Å². The molecule has 100 valence electrons. The third-order valence-electron chi connectivity index (χ3n) is 3.59. The van der Waals surface area contributed by atoms with Crippen molar-refractivity contribution in [2.75, 3.05) is 13.1 Å². The lowest BCUT2D eigenvalue weighted by Gasteiger charge is -2.31. The van der Waals surface area contributed by atoms with Crippen LogP contribution >= 0.6 is 11.3 Å². The van der Waals surface area contributed by atoms with Crippen LogP contribution in [0, 0.1) is 5.92 Å². The van der Waals surface area contributed by atoms with Gasteiger partial charge in [0.15, 0.2) is 0 Å². The fourth-order valence-electron chi connectivity index (χ4n) is 2.55. The molecule has 18 heavy (non-hydrogen) atoms. The predicted octanol–water partition coefficient (Wildman–Crippen LogP) is 2.48. The Morgan fingerprint density at radius 3 is 3.06 bits per heavy atom. The Labute approximate surface area is 113 Å². The first-order valence-corrected chi connectivity index (χ1v) is 7.63. The highest BCUT2D eigenvalue weighted by Gasteiger charge is 2.27. The Kier molecular flexibility index (Phi) is 4.78. The zero-order chi connectivity index (χ0) is 13.0. The van der Waals surface area contributed by atoms with Crippen LogP contribution in [0.4, 0.5) is 0 Å². The summed E-state index contributed by atoms with van der Waals surface area (Å²) in [5, 5.41) is 5.47. The molecule has 3 nitrogen and oxygen atoms in total. The van der Waals surface area contributed by atoms with Gasteiger partial charge in [0.25, 0.3) is 0 Å². The summed E-state index contributed by atoms with van der Waals surface area (Å²) in [6.45, 7) is 6.76. The van der Waals surface area contributed by atoms with Gasteiger partial charge >= 0.3 is 0 Å². The topological polar surface area (TPSA) is 32.3 Å². The summed E-state index contributed by atoms with van der Waals surface area (Å²) in [6.07, 6.45) is 1.95. The minimum Gasteiger partial charge on any atom is -0.338 e. The van der Waals surface area contributed by atoms with Crippen molar-refractivity contribution in [2.45, 2.75) is 39.3 Å². The van der Waals surface area contributed by atoms with E-state index in [2.05, 4.69) is 30.6 Å². The third kappa shape index (κ3) is 3.33. The summed E-state index contributed by atoms with van der Waals surface area (Å²) in [5.74, 6) is 0.542. The Hall–Kier alpha value is -0.870. The predicted molar refractivity (Wildman–Crippen MR) is 75.6 cm³/mol. The third-order valence-corrected chi connectivity index (χ3v) is 4.45. The number of carbonyl (C=O) groups excluding carboxylic acids is 1. The quantitative estimate of drug-likeness (QED) is 0.908. The van der Waals surface area contributed by atoms with Crippen LogP contribution in [0.3, 0.4) is 0 Å². The molecule has 1 aromatic rings. The van der Waals surface area contributed by atoms with Crippen LogP contribution in [0.25, 0.3) is 0 Å². The Balaban J connectivity index is 1.96. The lowest BCUT2D eigenvalue weighted by molar-refractivity contribution is -0.137. The van der Waals surface area contributed by atoms with Gasteiger partial charge in [-0.25, -0.2) is 0 Å². The normalized spacial score (nSPS) is 23.9. The number of amides is 1. The van der Waals surface area contributed by atoms with Crippen LogP contribution in [0.1, 0.15) is 31.6 Å². The Morgan fingerprint density at radius 1 is 1.61 bits per heavy atom. The van der Waals surface area contributed by atoms with E-state index in [1.807, 2.05) is 11.0 Å². The SMILES string of the molecule is CCN(Cc1cccs1)C(=O)[C@H]1CCN[C@@H](C)C1. The molecular weight excluding hydrogens is 244 g/mol. The molecule has 1 aromatic heterocycles. The van der Waals surface area contributed by atoms with E-state index in [0.717, 1.165) is 32.5 Å². The van der Waals surface area contributed by atoms with Gasteiger partial charge in [0.05, 0.1) is 6.54 Å². The first-order chi connectivity index (χ1) is 8.70. The van der Waals surface area contributed by atoms with Crippen LogP contribution in [-0.4, -0.2) is 29.9 Å². The number of hydrogen-bond acceptors (Lipinski definition) is 3. The molecule has 1 saturated heterocycles. The van der Waals surface area contributed by atoms with Gasteiger partial charge in [0, 0.05) is 23.4 Å². The maximum atomic E-state index is 12.5. The molecule has 0 unspecified atom stereocenters. The highest BCUT2D eigenvalue weighted by Crippen LogP contribution is 2.21. The summed E-state index contributed by atoms with van der Waals surface area (Å²) < 4.78 is 0. The number of nitrogens with zero attached hydrogens (tertiary/aromatic N) is 1. The molecule has 2 rings (SSSR count). The number of thiophene rings is 1. The molecule has 2 atom stereocenters. The van der Waals surface area contributed by atoms with Gasteiger partial charge in [0.1, 0.15) is 0 Å². The number of nitrogens with one attached hydrogen (secondary N) is 1. The summed E-state index contributed by atoms with van der Waals surface area (Å²) in [5.41, 5.74) is 0. The minimum absolute atomic E-state index is 0.209. The van der Waals surface area contributed by atoms with Crippen molar-refractivity contribution in [3.05, 3.63) is 22.4 Å². The second-order valence-electron chi connectivity index (χ2n) is 5.01. The van der Waals surface area contributed by atoms with E-state index in [0.29, 0.717) is 11.9 Å². The van der Waals surface area contributed by atoms with Gasteiger partial charge in [-0.15, -0.1) is 11.3 Å². The van der Waals surface area contributed by atoms with Crippen LogP contribution in [0.5, 0.6) is 0 Å². The van der Waals surface area contributed by atoms with Gasteiger partial charge in [-0.1, -0.05) is 6.07 Å². The second-order valence-corrected chi connectivity index (χ2v) is 6.04. The van der Waals surface area contributed by atoms with Crippen LogP contribution < -0.4 is 5.32 Å².